The first kappa shape index (κ1) is 24.1. The van der Waals surface area contributed by atoms with Gasteiger partial charge in [-0.3, -0.25) is 19.6 Å². The first-order chi connectivity index (χ1) is 15.2. The van der Waals surface area contributed by atoms with Gasteiger partial charge in [0.05, 0.1) is 9.82 Å². The number of nitrogens with one attached hydrogen (secondary N) is 2. The van der Waals surface area contributed by atoms with E-state index in [9.17, 15) is 23.3 Å². The van der Waals surface area contributed by atoms with Crippen LogP contribution in [-0.2, 0) is 10.0 Å². The Morgan fingerprint density at radius 2 is 1.81 bits per heavy atom. The zero-order valence-corrected chi connectivity index (χ0v) is 19.7. The Kier molecular flexibility index (Phi) is 7.82. The average Bonchev–Trinajstić information content (AvgIpc) is 2.78. The first-order valence-electron chi connectivity index (χ1n) is 10.2. The molecular weight excluding hydrogens is 451 g/mol. The van der Waals surface area contributed by atoms with E-state index in [2.05, 4.69) is 24.1 Å². The lowest BCUT2D eigenvalue weighted by Crippen LogP contribution is -2.30. The summed E-state index contributed by atoms with van der Waals surface area (Å²) in [5.41, 5.74) is 0.101. The molecule has 2 N–H and O–H groups in total. The minimum atomic E-state index is -4.26. The maximum atomic E-state index is 12.6. The minimum absolute atomic E-state index is 0.0845. The van der Waals surface area contributed by atoms with Crippen molar-refractivity contribution in [2.75, 3.05) is 38.3 Å². The summed E-state index contributed by atoms with van der Waals surface area (Å²) in [6.07, 6.45) is 4.41. The fraction of sp³-hybridized carbons (Fsp3) is 0.381. The maximum absolute atomic E-state index is 12.6. The molecule has 32 heavy (non-hydrogen) atoms. The van der Waals surface area contributed by atoms with Crippen LogP contribution in [0, 0.1) is 16.0 Å². The molecule has 0 unspecified atom stereocenters. The van der Waals surface area contributed by atoms with Gasteiger partial charge in [0.1, 0.15) is 5.69 Å². The van der Waals surface area contributed by atoms with Crippen molar-refractivity contribution >= 4 is 35.4 Å². The highest BCUT2D eigenvalue weighted by Gasteiger charge is 2.25. The number of rotatable bonds is 8. The van der Waals surface area contributed by atoms with Gasteiger partial charge >= 0.3 is 0 Å². The third kappa shape index (κ3) is 6.03. The van der Waals surface area contributed by atoms with Crippen molar-refractivity contribution in [1.29, 1.82) is 0 Å². The molecule has 1 saturated heterocycles. The number of anilines is 1. The number of sulfonamides is 1. The summed E-state index contributed by atoms with van der Waals surface area (Å²) in [5.74, 6) is -0.382. The highest BCUT2D eigenvalue weighted by Crippen LogP contribution is 2.45. The second kappa shape index (κ2) is 10.4. The monoisotopic (exact) mass is 478 g/mol. The van der Waals surface area contributed by atoms with Gasteiger partial charge in [-0.1, -0.05) is 18.2 Å². The molecule has 1 aliphatic rings. The number of amides is 1. The third-order valence-corrected chi connectivity index (χ3v) is 9.49. The van der Waals surface area contributed by atoms with Gasteiger partial charge in [-0.05, 0) is 77.5 Å². The topological polar surface area (TPSA) is 122 Å². The molecule has 1 heterocycles. The number of nitro benzene ring substituents is 1. The molecule has 0 bridgehead atoms. The summed E-state index contributed by atoms with van der Waals surface area (Å²) < 4.78 is 29.5. The number of carbonyl (C=O) groups is 1. The molecule has 1 amide bonds. The molecule has 2 aromatic carbocycles. The molecule has 0 saturated carbocycles. The summed E-state index contributed by atoms with van der Waals surface area (Å²) in [6.45, 7) is 0.592. The molecule has 0 atom stereocenters. The zero-order valence-electron chi connectivity index (χ0n) is 18.0. The van der Waals surface area contributed by atoms with Gasteiger partial charge in [0.15, 0.2) is 0 Å². The molecular formula is C21H27N4O5PS. The standard InChI is InChI=1S/C21H27N4O5PS/c1-24(2)31-12-10-16(11-13-31)15-22-19-9-8-18(14-20(19)25(27)28)32(29,30)23-21(26)17-6-4-3-5-7-17/h3-9,14,16,22H,10-13,15H2,1-2H3,(H,23,26). The quantitative estimate of drug-likeness (QED) is 0.338. The van der Waals surface area contributed by atoms with Gasteiger partial charge < -0.3 is 5.32 Å². The maximum Gasteiger partial charge on any atom is 0.293 e. The number of nitro groups is 1. The smallest absolute Gasteiger partial charge is 0.293 e. The molecule has 0 aromatic heterocycles. The fourth-order valence-electron chi connectivity index (χ4n) is 3.59. The van der Waals surface area contributed by atoms with Crippen molar-refractivity contribution in [3.05, 3.63) is 64.2 Å². The summed E-state index contributed by atoms with van der Waals surface area (Å²) in [4.78, 5) is 22.9. The van der Waals surface area contributed by atoms with Crippen LogP contribution in [0.2, 0.25) is 0 Å². The van der Waals surface area contributed by atoms with Crippen molar-refractivity contribution in [3.8, 4) is 0 Å². The Morgan fingerprint density at radius 3 is 2.41 bits per heavy atom. The summed E-state index contributed by atoms with van der Waals surface area (Å²) >= 11 is 0. The highest BCUT2D eigenvalue weighted by atomic mass is 32.2. The average molecular weight is 479 g/mol. The van der Waals surface area contributed by atoms with Crippen molar-refractivity contribution in [1.82, 2.24) is 9.39 Å². The van der Waals surface area contributed by atoms with Crippen molar-refractivity contribution in [3.63, 3.8) is 0 Å². The first-order valence-corrected chi connectivity index (χ1v) is 13.4. The van der Waals surface area contributed by atoms with E-state index in [0.29, 0.717) is 12.5 Å². The molecule has 1 fully saturated rings. The number of hydrogen-bond donors (Lipinski definition) is 2. The number of nitrogens with zero attached hydrogens (tertiary/aromatic N) is 2. The molecule has 9 nitrogen and oxygen atoms in total. The summed E-state index contributed by atoms with van der Waals surface area (Å²) in [7, 11) is -0.144. The van der Waals surface area contributed by atoms with Crippen LogP contribution >= 0.6 is 8.07 Å². The molecule has 3 rings (SSSR count). The Morgan fingerprint density at radius 1 is 1.16 bits per heavy atom. The fourth-order valence-corrected chi connectivity index (χ4v) is 6.93. The van der Waals surface area contributed by atoms with Crippen molar-refractivity contribution in [2.45, 2.75) is 17.7 Å². The molecule has 0 spiro atoms. The lowest BCUT2D eigenvalue weighted by Gasteiger charge is -2.32. The van der Waals surface area contributed by atoms with Crippen LogP contribution in [0.15, 0.2) is 53.4 Å². The summed E-state index contributed by atoms with van der Waals surface area (Å²) in [6, 6.07) is 11.5. The van der Waals surface area contributed by atoms with Gasteiger partial charge in [0, 0.05) is 18.2 Å². The zero-order chi connectivity index (χ0) is 23.3. The van der Waals surface area contributed by atoms with Crippen molar-refractivity contribution < 1.29 is 18.1 Å². The van der Waals surface area contributed by atoms with Crippen LogP contribution in [0.5, 0.6) is 0 Å². The predicted molar refractivity (Wildman–Crippen MR) is 126 cm³/mol. The number of benzene rings is 2. The van der Waals surface area contributed by atoms with Gasteiger partial charge in [-0.2, -0.15) is 0 Å². The Hall–Kier alpha value is -2.55. The van der Waals surface area contributed by atoms with Crippen molar-refractivity contribution in [2.24, 2.45) is 5.92 Å². The molecule has 2 aromatic rings. The number of carbonyl (C=O) groups excluding carboxylic acids is 1. The van der Waals surface area contributed by atoms with Crippen LogP contribution in [0.4, 0.5) is 11.4 Å². The Balaban J connectivity index is 1.70. The van der Waals surface area contributed by atoms with E-state index in [1.807, 2.05) is 4.72 Å². The van der Waals surface area contributed by atoms with Crippen LogP contribution in [0.25, 0.3) is 0 Å². The summed E-state index contributed by atoms with van der Waals surface area (Å²) in [5, 5.41) is 14.7. The minimum Gasteiger partial charge on any atom is -0.379 e. The van der Waals surface area contributed by atoms with E-state index in [1.165, 1.54) is 24.3 Å². The van der Waals surface area contributed by atoms with E-state index in [1.54, 1.807) is 18.2 Å². The van der Waals surface area contributed by atoms with E-state index >= 15 is 0 Å². The number of hydrogen-bond acceptors (Lipinski definition) is 7. The molecule has 11 heteroatoms. The second-order valence-electron chi connectivity index (χ2n) is 7.86. The van der Waals surface area contributed by atoms with Crippen LogP contribution in [0.1, 0.15) is 23.2 Å². The van der Waals surface area contributed by atoms with E-state index in [-0.39, 0.29) is 29.9 Å². The second-order valence-corrected chi connectivity index (χ2v) is 12.3. The lowest BCUT2D eigenvalue weighted by molar-refractivity contribution is -0.384. The van der Waals surface area contributed by atoms with Crippen LogP contribution in [0.3, 0.4) is 0 Å². The van der Waals surface area contributed by atoms with Crippen LogP contribution in [-0.4, -0.2) is 56.9 Å². The van der Waals surface area contributed by atoms with Gasteiger partial charge in [-0.25, -0.2) is 13.1 Å². The SMILES string of the molecule is CN(C)P1CCC(CNc2ccc(S(=O)(=O)NC(=O)c3ccccc3)cc2[N+](=O)[O-])CC1. The van der Waals surface area contributed by atoms with Gasteiger partial charge in [0.2, 0.25) is 0 Å². The molecule has 0 radical (unpaired) electrons. The Labute approximate surface area is 189 Å². The van der Waals surface area contributed by atoms with E-state index < -0.39 is 20.9 Å². The highest BCUT2D eigenvalue weighted by molar-refractivity contribution is 7.90. The lowest BCUT2D eigenvalue weighted by atomic mass is 10.0. The molecule has 1 aliphatic heterocycles. The van der Waals surface area contributed by atoms with Gasteiger partial charge in [-0.15, -0.1) is 0 Å². The van der Waals surface area contributed by atoms with E-state index in [4.69, 9.17) is 0 Å². The molecule has 172 valence electrons. The third-order valence-electron chi connectivity index (χ3n) is 5.48. The largest absolute Gasteiger partial charge is 0.379 e. The predicted octanol–water partition coefficient (Wildman–Crippen LogP) is 3.49. The van der Waals surface area contributed by atoms with Crippen LogP contribution < -0.4 is 10.0 Å². The molecule has 0 aliphatic carbocycles. The van der Waals surface area contributed by atoms with Gasteiger partial charge in [0.25, 0.3) is 21.6 Å². The normalized spacial score (nSPS) is 18.8. The van der Waals surface area contributed by atoms with E-state index in [0.717, 1.165) is 31.2 Å². The Bertz CT molecular complexity index is 1070.